The minimum atomic E-state index is -1.20. The van der Waals surface area contributed by atoms with Crippen LogP contribution in [-0.4, -0.2) is 21.1 Å². The molecule has 20 heavy (non-hydrogen) atoms. The van der Waals surface area contributed by atoms with Gasteiger partial charge in [-0.2, -0.15) is 0 Å². The third-order valence-corrected chi connectivity index (χ3v) is 4.01. The number of nitrogens with zero attached hydrogens (tertiary/aromatic N) is 1. The van der Waals surface area contributed by atoms with Crippen LogP contribution in [-0.2, 0) is 22.1 Å². The van der Waals surface area contributed by atoms with E-state index in [2.05, 4.69) is 5.16 Å². The van der Waals surface area contributed by atoms with Crippen LogP contribution in [0, 0.1) is 6.92 Å². The van der Waals surface area contributed by atoms with Crippen LogP contribution in [0.25, 0.3) is 0 Å². The summed E-state index contributed by atoms with van der Waals surface area (Å²) in [5.74, 6) is 0.410. The number of benzene rings is 1. The minimum Gasteiger partial charge on any atom is -0.454 e. The molecule has 1 heterocycles. The molecule has 0 aliphatic rings. The Bertz CT molecular complexity index is 636. The molecule has 6 heteroatoms. The van der Waals surface area contributed by atoms with Crippen molar-refractivity contribution >= 4 is 16.8 Å². The van der Waals surface area contributed by atoms with Crippen LogP contribution in [0.15, 0.2) is 39.8 Å². The van der Waals surface area contributed by atoms with Crippen molar-refractivity contribution in [1.29, 1.82) is 0 Å². The van der Waals surface area contributed by atoms with Crippen LogP contribution >= 0.6 is 0 Å². The van der Waals surface area contributed by atoms with E-state index in [1.54, 1.807) is 44.2 Å². The van der Waals surface area contributed by atoms with Crippen LogP contribution < -0.4 is 0 Å². The number of aryl methyl sites for hydroxylation is 1. The van der Waals surface area contributed by atoms with E-state index >= 15 is 0 Å². The minimum absolute atomic E-state index is 0.00671. The fourth-order valence-electron chi connectivity index (χ4n) is 1.69. The van der Waals surface area contributed by atoms with Crippen molar-refractivity contribution in [3.05, 3.63) is 47.3 Å². The Kier molecular flexibility index (Phi) is 4.68. The maximum Gasteiger partial charge on any atom is 0.339 e. The van der Waals surface area contributed by atoms with Gasteiger partial charge in [-0.3, -0.25) is 4.21 Å². The molecule has 0 radical (unpaired) electrons. The fraction of sp³-hybridized carbons (Fsp3) is 0.286. The molecule has 0 fully saturated rings. The lowest BCUT2D eigenvalue weighted by Crippen LogP contribution is -2.09. The molecule has 0 N–H and O–H groups in total. The lowest BCUT2D eigenvalue weighted by atomic mass is 10.2. The van der Waals surface area contributed by atoms with E-state index in [0.29, 0.717) is 22.0 Å². The van der Waals surface area contributed by atoms with Gasteiger partial charge < -0.3 is 9.26 Å². The summed E-state index contributed by atoms with van der Waals surface area (Å²) >= 11 is 0. The van der Waals surface area contributed by atoms with E-state index in [-0.39, 0.29) is 6.61 Å². The highest BCUT2D eigenvalue weighted by Crippen LogP contribution is 2.16. The van der Waals surface area contributed by atoms with Crippen LogP contribution in [0.2, 0.25) is 0 Å². The second kappa shape index (κ2) is 6.47. The van der Waals surface area contributed by atoms with Gasteiger partial charge in [0.25, 0.3) is 0 Å². The van der Waals surface area contributed by atoms with E-state index in [0.717, 1.165) is 5.69 Å². The van der Waals surface area contributed by atoms with Gasteiger partial charge >= 0.3 is 5.97 Å². The Morgan fingerprint density at radius 2 is 2.15 bits per heavy atom. The molecule has 0 spiro atoms. The highest BCUT2D eigenvalue weighted by atomic mass is 32.2. The predicted octanol–water partition coefficient (Wildman–Crippen LogP) is 2.47. The number of hydrogen-bond acceptors (Lipinski definition) is 5. The topological polar surface area (TPSA) is 69.4 Å². The number of aromatic nitrogens is 1. The van der Waals surface area contributed by atoms with E-state index in [9.17, 15) is 9.00 Å². The summed E-state index contributed by atoms with van der Waals surface area (Å²) in [5, 5.41) is 3.71. The first-order valence-electron chi connectivity index (χ1n) is 6.18. The lowest BCUT2D eigenvalue weighted by molar-refractivity contribution is 0.0433. The van der Waals surface area contributed by atoms with Crippen molar-refractivity contribution in [1.82, 2.24) is 5.16 Å². The van der Waals surface area contributed by atoms with Crippen molar-refractivity contribution in [2.24, 2.45) is 0 Å². The molecule has 106 valence electrons. The third kappa shape index (κ3) is 3.33. The molecular formula is C14H15NO4S. The normalized spacial score (nSPS) is 12.1. The molecule has 1 atom stereocenters. The van der Waals surface area contributed by atoms with E-state index in [4.69, 9.17) is 9.26 Å². The summed E-state index contributed by atoms with van der Waals surface area (Å²) < 4.78 is 22.0. The monoisotopic (exact) mass is 293 g/mol. The van der Waals surface area contributed by atoms with E-state index in [1.807, 2.05) is 0 Å². The van der Waals surface area contributed by atoms with Gasteiger partial charge in [-0.25, -0.2) is 4.79 Å². The molecular weight excluding hydrogens is 278 g/mol. The molecule has 0 saturated carbocycles. The van der Waals surface area contributed by atoms with E-state index < -0.39 is 16.8 Å². The quantitative estimate of drug-likeness (QED) is 0.792. The van der Waals surface area contributed by atoms with Crippen molar-refractivity contribution in [2.45, 2.75) is 25.3 Å². The first-order valence-corrected chi connectivity index (χ1v) is 7.50. The molecule has 0 saturated heterocycles. The van der Waals surface area contributed by atoms with Gasteiger partial charge in [0.15, 0.2) is 12.4 Å². The van der Waals surface area contributed by atoms with Crippen LogP contribution in [0.1, 0.15) is 28.7 Å². The summed E-state index contributed by atoms with van der Waals surface area (Å²) in [6, 6.07) is 8.44. The van der Waals surface area contributed by atoms with Gasteiger partial charge in [0.2, 0.25) is 0 Å². The molecule has 0 amide bonds. The number of carbonyl (C=O) groups is 1. The fourth-order valence-corrected chi connectivity index (χ4v) is 2.63. The average molecular weight is 293 g/mol. The predicted molar refractivity (Wildman–Crippen MR) is 73.8 cm³/mol. The van der Waals surface area contributed by atoms with Gasteiger partial charge in [0, 0.05) is 11.8 Å². The Labute approximate surface area is 119 Å². The molecule has 0 unspecified atom stereocenters. The molecule has 0 bridgehead atoms. The number of hydrogen-bond donors (Lipinski definition) is 0. The smallest absolute Gasteiger partial charge is 0.339 e. The van der Waals surface area contributed by atoms with Crippen molar-refractivity contribution in [3.63, 3.8) is 0 Å². The zero-order valence-electron chi connectivity index (χ0n) is 11.3. The second-order valence-electron chi connectivity index (χ2n) is 4.14. The number of ether oxygens (including phenoxy) is 1. The van der Waals surface area contributed by atoms with Crippen LogP contribution in [0.4, 0.5) is 0 Å². The highest BCUT2D eigenvalue weighted by molar-refractivity contribution is 7.85. The number of carbonyl (C=O) groups excluding carboxylic acids is 1. The van der Waals surface area contributed by atoms with Crippen molar-refractivity contribution in [2.75, 3.05) is 5.75 Å². The molecule has 0 aliphatic carbocycles. The summed E-state index contributed by atoms with van der Waals surface area (Å²) in [4.78, 5) is 12.5. The first kappa shape index (κ1) is 14.5. The van der Waals surface area contributed by atoms with Gasteiger partial charge in [-0.05, 0) is 19.1 Å². The Morgan fingerprint density at radius 1 is 1.40 bits per heavy atom. The Balaban J connectivity index is 2.11. The number of esters is 1. The maximum atomic E-state index is 12.0. The highest BCUT2D eigenvalue weighted by Gasteiger charge is 2.16. The molecule has 0 aliphatic heterocycles. The first-order chi connectivity index (χ1) is 9.61. The van der Waals surface area contributed by atoms with E-state index in [1.165, 1.54) is 0 Å². The lowest BCUT2D eigenvalue weighted by Gasteiger charge is -2.07. The number of rotatable bonds is 5. The third-order valence-electron chi connectivity index (χ3n) is 2.64. The largest absolute Gasteiger partial charge is 0.454 e. The standard InChI is InChI=1S/C14H15NO4S/c1-3-20(17)13-7-5-4-6-12(13)14(16)18-9-11-8-10(2)15-19-11/h4-8H,3,9H2,1-2H3/t20-/m0/s1. The van der Waals surface area contributed by atoms with Gasteiger partial charge in [0.1, 0.15) is 0 Å². The Hall–Kier alpha value is -1.95. The maximum absolute atomic E-state index is 12.0. The molecule has 2 rings (SSSR count). The summed E-state index contributed by atoms with van der Waals surface area (Å²) in [7, 11) is -1.20. The Morgan fingerprint density at radius 3 is 2.80 bits per heavy atom. The van der Waals surface area contributed by atoms with Gasteiger partial charge in [-0.15, -0.1) is 0 Å². The second-order valence-corrected chi connectivity index (χ2v) is 5.85. The molecule has 2 aromatic rings. The summed E-state index contributed by atoms with van der Waals surface area (Å²) in [6.07, 6.45) is 0. The van der Waals surface area contributed by atoms with Crippen LogP contribution in [0.5, 0.6) is 0 Å². The van der Waals surface area contributed by atoms with Crippen molar-refractivity contribution in [3.8, 4) is 0 Å². The van der Waals surface area contributed by atoms with Crippen molar-refractivity contribution < 1.29 is 18.3 Å². The zero-order chi connectivity index (χ0) is 14.5. The zero-order valence-corrected chi connectivity index (χ0v) is 12.1. The van der Waals surface area contributed by atoms with Gasteiger partial charge in [0.05, 0.1) is 27.0 Å². The average Bonchev–Trinajstić information content (AvgIpc) is 2.89. The van der Waals surface area contributed by atoms with Crippen LogP contribution in [0.3, 0.4) is 0 Å². The summed E-state index contributed by atoms with van der Waals surface area (Å²) in [5.41, 5.74) is 1.05. The summed E-state index contributed by atoms with van der Waals surface area (Å²) in [6.45, 7) is 3.59. The SMILES string of the molecule is CC[S@](=O)c1ccccc1C(=O)OCc1cc(C)no1. The molecule has 5 nitrogen and oxygen atoms in total. The molecule has 1 aromatic heterocycles. The van der Waals surface area contributed by atoms with Gasteiger partial charge in [-0.1, -0.05) is 24.2 Å². The molecule has 1 aromatic carbocycles.